The van der Waals surface area contributed by atoms with E-state index < -0.39 is 11.9 Å². The maximum atomic E-state index is 12.9. The highest BCUT2D eigenvalue weighted by Gasteiger charge is 2.36. The van der Waals surface area contributed by atoms with Gasteiger partial charge in [0.15, 0.2) is 0 Å². The van der Waals surface area contributed by atoms with Crippen molar-refractivity contribution in [2.24, 2.45) is 0 Å². The van der Waals surface area contributed by atoms with Crippen LogP contribution in [0, 0.1) is 6.92 Å². The topological polar surface area (TPSA) is 49.2 Å². The normalized spacial score (nSPS) is 27.4. The minimum atomic E-state index is -4.44. The Balaban J connectivity index is 1.67. The Labute approximate surface area is 140 Å². The van der Waals surface area contributed by atoms with E-state index in [2.05, 4.69) is 14.9 Å². The number of aryl methyl sites for hydroxylation is 1. The molecule has 134 valence electrons. The van der Waals surface area contributed by atoms with Gasteiger partial charge < -0.3 is 5.11 Å². The van der Waals surface area contributed by atoms with Crippen LogP contribution in [0.4, 0.5) is 13.2 Å². The predicted octanol–water partition coefficient (Wildman–Crippen LogP) is 3.29. The summed E-state index contributed by atoms with van der Waals surface area (Å²) >= 11 is 0. The molecular weight excluding hydrogens is 319 g/mol. The monoisotopic (exact) mass is 343 g/mol. The molecule has 4 nitrogen and oxygen atoms in total. The summed E-state index contributed by atoms with van der Waals surface area (Å²) in [5.74, 6) is 0.272. The third kappa shape index (κ3) is 3.88. The number of aromatic nitrogens is 2. The summed E-state index contributed by atoms with van der Waals surface area (Å²) in [5, 5.41) is 10.2. The van der Waals surface area contributed by atoms with Gasteiger partial charge in [-0.2, -0.15) is 13.2 Å². The summed E-state index contributed by atoms with van der Waals surface area (Å²) in [5.41, 5.74) is -0.493. The van der Waals surface area contributed by atoms with Gasteiger partial charge in [0.25, 0.3) is 0 Å². The molecule has 1 saturated carbocycles. The first-order valence-electron chi connectivity index (χ1n) is 8.69. The maximum Gasteiger partial charge on any atom is 0.433 e. The predicted molar refractivity (Wildman–Crippen MR) is 83.6 cm³/mol. The van der Waals surface area contributed by atoms with E-state index in [1.807, 2.05) is 0 Å². The van der Waals surface area contributed by atoms with E-state index in [0.717, 1.165) is 57.7 Å². The molecular formula is C17H24F3N3O. The third-order valence-corrected chi connectivity index (χ3v) is 5.22. The summed E-state index contributed by atoms with van der Waals surface area (Å²) in [4.78, 5) is 10.3. The number of rotatable bonds is 2. The van der Waals surface area contributed by atoms with Crippen LogP contribution in [0.15, 0.2) is 6.07 Å². The minimum Gasteiger partial charge on any atom is -0.391 e. The fourth-order valence-electron chi connectivity index (χ4n) is 3.93. The highest BCUT2D eigenvalue weighted by atomic mass is 19.4. The molecule has 1 saturated heterocycles. The molecule has 0 amide bonds. The summed E-state index contributed by atoms with van der Waals surface area (Å²) in [6.45, 7) is 3.14. The second-order valence-electron chi connectivity index (χ2n) is 6.98. The second kappa shape index (κ2) is 6.96. The van der Waals surface area contributed by atoms with Gasteiger partial charge in [-0.15, -0.1) is 0 Å². The second-order valence-corrected chi connectivity index (χ2v) is 6.98. The Hall–Kier alpha value is -1.21. The maximum absolute atomic E-state index is 12.9. The number of nitrogens with zero attached hydrogens (tertiary/aromatic N) is 3. The van der Waals surface area contributed by atoms with E-state index in [-0.39, 0.29) is 18.1 Å². The van der Waals surface area contributed by atoms with Crippen molar-refractivity contribution in [3.63, 3.8) is 0 Å². The van der Waals surface area contributed by atoms with Crippen molar-refractivity contribution in [2.45, 2.75) is 69.7 Å². The van der Waals surface area contributed by atoms with Crippen molar-refractivity contribution in [2.75, 3.05) is 13.1 Å². The molecule has 1 aromatic heterocycles. The Kier molecular flexibility index (Phi) is 5.11. The van der Waals surface area contributed by atoms with Crippen molar-refractivity contribution in [3.05, 3.63) is 23.3 Å². The molecule has 1 N–H and O–H groups in total. The molecule has 0 bridgehead atoms. The lowest BCUT2D eigenvalue weighted by atomic mass is 9.88. The Morgan fingerprint density at radius 3 is 2.38 bits per heavy atom. The van der Waals surface area contributed by atoms with E-state index in [1.165, 1.54) is 0 Å². The zero-order chi connectivity index (χ0) is 17.3. The largest absolute Gasteiger partial charge is 0.433 e. The Morgan fingerprint density at radius 2 is 1.75 bits per heavy atom. The first-order chi connectivity index (χ1) is 11.3. The molecule has 0 radical (unpaired) electrons. The number of alkyl halides is 3. The molecule has 2 heterocycles. The smallest absolute Gasteiger partial charge is 0.391 e. The molecule has 2 aliphatic rings. The number of aliphatic hydroxyl groups excluding tert-OH is 1. The molecule has 3 rings (SSSR count). The van der Waals surface area contributed by atoms with Crippen molar-refractivity contribution in [3.8, 4) is 0 Å². The highest BCUT2D eigenvalue weighted by Crippen LogP contribution is 2.33. The fraction of sp³-hybridized carbons (Fsp3) is 0.765. The van der Waals surface area contributed by atoms with Crippen molar-refractivity contribution in [1.82, 2.24) is 14.9 Å². The van der Waals surface area contributed by atoms with Crippen LogP contribution in [0.1, 0.15) is 61.7 Å². The quantitative estimate of drug-likeness (QED) is 0.895. The molecule has 0 aromatic carbocycles. The number of piperidine rings is 1. The molecule has 2 fully saturated rings. The van der Waals surface area contributed by atoms with Crippen LogP contribution in [0.2, 0.25) is 0 Å². The van der Waals surface area contributed by atoms with E-state index in [4.69, 9.17) is 0 Å². The first-order valence-corrected chi connectivity index (χ1v) is 8.69. The van der Waals surface area contributed by atoms with Crippen LogP contribution >= 0.6 is 0 Å². The number of hydrogen-bond donors (Lipinski definition) is 1. The van der Waals surface area contributed by atoms with Gasteiger partial charge in [0, 0.05) is 17.7 Å². The highest BCUT2D eigenvalue weighted by molar-refractivity contribution is 5.15. The summed E-state index contributed by atoms with van der Waals surface area (Å²) in [6.07, 6.45) is 0.833. The average molecular weight is 343 g/mol. The molecule has 1 aliphatic carbocycles. The number of aliphatic hydroxyl groups is 1. The number of halogens is 3. The van der Waals surface area contributed by atoms with E-state index in [0.29, 0.717) is 11.5 Å². The molecule has 0 unspecified atom stereocenters. The van der Waals surface area contributed by atoms with Crippen LogP contribution < -0.4 is 0 Å². The van der Waals surface area contributed by atoms with Crippen molar-refractivity contribution >= 4 is 0 Å². The van der Waals surface area contributed by atoms with Gasteiger partial charge in [-0.3, -0.25) is 4.90 Å². The first kappa shape index (κ1) is 17.6. The summed E-state index contributed by atoms with van der Waals surface area (Å²) in [6, 6.07) is 1.20. The fourth-order valence-corrected chi connectivity index (χ4v) is 3.93. The zero-order valence-corrected chi connectivity index (χ0v) is 13.9. The van der Waals surface area contributed by atoms with Crippen LogP contribution in [-0.4, -0.2) is 45.2 Å². The van der Waals surface area contributed by atoms with Gasteiger partial charge in [-0.1, -0.05) is 12.8 Å². The summed E-state index contributed by atoms with van der Waals surface area (Å²) in [7, 11) is 0. The number of hydrogen-bond acceptors (Lipinski definition) is 4. The molecule has 7 heteroatoms. The lowest BCUT2D eigenvalue weighted by Crippen LogP contribution is -2.48. The van der Waals surface area contributed by atoms with Crippen LogP contribution in [0.5, 0.6) is 0 Å². The lowest BCUT2D eigenvalue weighted by Gasteiger charge is -2.41. The van der Waals surface area contributed by atoms with Crippen LogP contribution in [-0.2, 0) is 6.18 Å². The van der Waals surface area contributed by atoms with Gasteiger partial charge in [-0.25, -0.2) is 9.97 Å². The minimum absolute atomic E-state index is 0.0389. The third-order valence-electron chi connectivity index (χ3n) is 5.22. The van der Waals surface area contributed by atoms with E-state index >= 15 is 0 Å². The van der Waals surface area contributed by atoms with Gasteiger partial charge >= 0.3 is 6.18 Å². The van der Waals surface area contributed by atoms with E-state index in [9.17, 15) is 18.3 Å². The van der Waals surface area contributed by atoms with Gasteiger partial charge in [0.2, 0.25) is 0 Å². The SMILES string of the molecule is Cc1cc(C(F)(F)F)nc(C2CCN([C@H]3CCCC[C@H]3O)CC2)n1. The van der Waals surface area contributed by atoms with Gasteiger partial charge in [0.1, 0.15) is 11.5 Å². The molecule has 2 atom stereocenters. The van der Waals surface area contributed by atoms with Gasteiger partial charge in [-0.05, 0) is 51.8 Å². The van der Waals surface area contributed by atoms with E-state index in [1.54, 1.807) is 6.92 Å². The molecule has 24 heavy (non-hydrogen) atoms. The zero-order valence-electron chi connectivity index (χ0n) is 13.9. The summed E-state index contributed by atoms with van der Waals surface area (Å²) < 4.78 is 38.8. The van der Waals surface area contributed by atoms with Gasteiger partial charge in [0.05, 0.1) is 6.10 Å². The standard InChI is InChI=1S/C17H24F3N3O/c1-11-10-15(17(18,19)20)22-16(21-11)12-6-8-23(9-7-12)13-4-2-3-5-14(13)24/h10,12-14,24H,2-9H2,1H3/t13-,14+/m0/s1. The van der Waals surface area contributed by atoms with Crippen LogP contribution in [0.3, 0.4) is 0 Å². The number of likely N-dealkylation sites (tertiary alicyclic amines) is 1. The molecule has 1 aliphatic heterocycles. The Bertz CT molecular complexity index is 571. The molecule has 1 aromatic rings. The molecule has 0 spiro atoms. The van der Waals surface area contributed by atoms with Crippen LogP contribution in [0.25, 0.3) is 0 Å². The van der Waals surface area contributed by atoms with Crippen molar-refractivity contribution < 1.29 is 18.3 Å². The van der Waals surface area contributed by atoms with Crippen molar-refractivity contribution in [1.29, 1.82) is 0 Å². The average Bonchev–Trinajstić information content (AvgIpc) is 2.54. The lowest BCUT2D eigenvalue weighted by molar-refractivity contribution is -0.141. The Morgan fingerprint density at radius 1 is 1.08 bits per heavy atom.